The highest BCUT2D eigenvalue weighted by Crippen LogP contribution is 2.30. The molecule has 1 N–H and O–H groups in total. The van der Waals surface area contributed by atoms with E-state index in [-0.39, 0.29) is 41.7 Å². The first-order valence-electron chi connectivity index (χ1n) is 10.5. The fourth-order valence-electron chi connectivity index (χ4n) is 3.75. The Hall–Kier alpha value is -3.20. The monoisotopic (exact) mass is 457 g/mol. The number of fused-ring (bicyclic) bond motifs is 1. The number of sulfonamides is 1. The Kier molecular flexibility index (Phi) is 7.29. The van der Waals surface area contributed by atoms with E-state index >= 15 is 0 Å². The minimum absolute atomic E-state index is 0.00551. The SMILES string of the molecule is CNC(=O)C(C)N(CCc1ccccc1)C(=O)CCCN1C(=O)c2ccccc2S1(=O)=O. The van der Waals surface area contributed by atoms with Crippen molar-refractivity contribution in [1.82, 2.24) is 14.5 Å². The molecule has 2 aromatic rings. The maximum atomic E-state index is 13.0. The van der Waals surface area contributed by atoms with Crippen molar-refractivity contribution in [3.05, 3.63) is 65.7 Å². The van der Waals surface area contributed by atoms with Gasteiger partial charge >= 0.3 is 0 Å². The van der Waals surface area contributed by atoms with E-state index < -0.39 is 22.0 Å². The fraction of sp³-hybridized carbons (Fsp3) is 0.348. The van der Waals surface area contributed by atoms with Crippen molar-refractivity contribution in [3.8, 4) is 0 Å². The molecule has 0 bridgehead atoms. The van der Waals surface area contributed by atoms with Gasteiger partial charge in [0.1, 0.15) is 10.9 Å². The van der Waals surface area contributed by atoms with Gasteiger partial charge < -0.3 is 10.2 Å². The summed E-state index contributed by atoms with van der Waals surface area (Å²) in [6.07, 6.45) is 0.772. The number of amides is 3. The summed E-state index contributed by atoms with van der Waals surface area (Å²) >= 11 is 0. The molecule has 170 valence electrons. The minimum atomic E-state index is -3.90. The van der Waals surface area contributed by atoms with Gasteiger partial charge in [-0.25, -0.2) is 12.7 Å². The van der Waals surface area contributed by atoms with Crippen molar-refractivity contribution in [1.29, 1.82) is 0 Å². The topological polar surface area (TPSA) is 104 Å². The van der Waals surface area contributed by atoms with Gasteiger partial charge in [-0.3, -0.25) is 14.4 Å². The number of hydrogen-bond donors (Lipinski definition) is 1. The highest BCUT2D eigenvalue weighted by atomic mass is 32.2. The molecule has 3 amide bonds. The van der Waals surface area contributed by atoms with E-state index in [1.165, 1.54) is 24.1 Å². The van der Waals surface area contributed by atoms with E-state index in [0.717, 1.165) is 9.87 Å². The summed E-state index contributed by atoms with van der Waals surface area (Å²) in [5.74, 6) is -1.12. The van der Waals surface area contributed by atoms with Gasteiger partial charge in [0.2, 0.25) is 11.8 Å². The van der Waals surface area contributed by atoms with Crippen LogP contribution < -0.4 is 5.32 Å². The highest BCUT2D eigenvalue weighted by molar-refractivity contribution is 7.90. The summed E-state index contributed by atoms with van der Waals surface area (Å²) in [6.45, 7) is 1.92. The lowest BCUT2D eigenvalue weighted by Gasteiger charge is -2.28. The van der Waals surface area contributed by atoms with E-state index in [9.17, 15) is 22.8 Å². The minimum Gasteiger partial charge on any atom is -0.357 e. The molecule has 9 heteroatoms. The van der Waals surface area contributed by atoms with E-state index in [4.69, 9.17) is 0 Å². The van der Waals surface area contributed by atoms with Gasteiger partial charge in [0.05, 0.1) is 5.56 Å². The van der Waals surface area contributed by atoms with Crippen LogP contribution in [0.15, 0.2) is 59.5 Å². The first-order chi connectivity index (χ1) is 15.3. The summed E-state index contributed by atoms with van der Waals surface area (Å²) in [5, 5.41) is 2.56. The summed E-state index contributed by atoms with van der Waals surface area (Å²) < 4.78 is 26.1. The normalized spacial score (nSPS) is 15.2. The van der Waals surface area contributed by atoms with Crippen LogP contribution in [0.5, 0.6) is 0 Å². The number of carbonyl (C=O) groups excluding carboxylic acids is 3. The molecule has 8 nitrogen and oxygen atoms in total. The lowest BCUT2D eigenvalue weighted by atomic mass is 10.1. The Morgan fingerprint density at radius 3 is 2.38 bits per heavy atom. The molecule has 0 radical (unpaired) electrons. The molecule has 1 aliphatic heterocycles. The molecule has 0 fully saturated rings. The molecule has 0 saturated heterocycles. The largest absolute Gasteiger partial charge is 0.357 e. The lowest BCUT2D eigenvalue weighted by Crippen LogP contribution is -2.48. The Bertz CT molecular complexity index is 1100. The van der Waals surface area contributed by atoms with Gasteiger partial charge in [0.15, 0.2) is 0 Å². The summed E-state index contributed by atoms with van der Waals surface area (Å²) in [6, 6.07) is 15.0. The highest BCUT2D eigenvalue weighted by Gasteiger charge is 2.40. The van der Waals surface area contributed by atoms with E-state index in [1.807, 2.05) is 30.3 Å². The van der Waals surface area contributed by atoms with Crippen LogP contribution in [-0.2, 0) is 26.0 Å². The predicted octanol–water partition coefficient (Wildman–Crippen LogP) is 1.82. The molecule has 2 aromatic carbocycles. The van der Waals surface area contributed by atoms with Gasteiger partial charge in [-0.1, -0.05) is 42.5 Å². The van der Waals surface area contributed by atoms with Crippen LogP contribution >= 0.6 is 0 Å². The zero-order valence-corrected chi connectivity index (χ0v) is 19.0. The van der Waals surface area contributed by atoms with Crippen LogP contribution in [0.4, 0.5) is 0 Å². The van der Waals surface area contributed by atoms with Crippen LogP contribution in [0.2, 0.25) is 0 Å². The maximum absolute atomic E-state index is 13.0. The smallest absolute Gasteiger partial charge is 0.269 e. The molecule has 0 saturated carbocycles. The quantitative estimate of drug-likeness (QED) is 0.619. The maximum Gasteiger partial charge on any atom is 0.269 e. The summed E-state index contributed by atoms with van der Waals surface area (Å²) in [4.78, 5) is 39.1. The molecule has 0 spiro atoms. The van der Waals surface area contributed by atoms with Crippen molar-refractivity contribution in [2.24, 2.45) is 0 Å². The fourth-order valence-corrected chi connectivity index (χ4v) is 5.36. The van der Waals surface area contributed by atoms with Gasteiger partial charge in [0, 0.05) is 26.6 Å². The third-order valence-corrected chi connectivity index (χ3v) is 7.40. The van der Waals surface area contributed by atoms with E-state index in [2.05, 4.69) is 5.32 Å². The molecule has 1 heterocycles. The van der Waals surface area contributed by atoms with Crippen LogP contribution in [0.1, 0.15) is 35.7 Å². The number of hydrogen-bond acceptors (Lipinski definition) is 5. The van der Waals surface area contributed by atoms with Gasteiger partial charge in [-0.2, -0.15) is 0 Å². The van der Waals surface area contributed by atoms with Crippen molar-refractivity contribution in [3.63, 3.8) is 0 Å². The van der Waals surface area contributed by atoms with Crippen LogP contribution in [0.3, 0.4) is 0 Å². The number of benzene rings is 2. The second-order valence-corrected chi connectivity index (χ2v) is 9.43. The number of nitrogens with zero attached hydrogens (tertiary/aromatic N) is 2. The molecule has 1 atom stereocenters. The molecule has 3 rings (SSSR count). The zero-order valence-electron chi connectivity index (χ0n) is 18.2. The Morgan fingerprint density at radius 1 is 1.06 bits per heavy atom. The average Bonchev–Trinajstić information content (AvgIpc) is 2.99. The van der Waals surface area contributed by atoms with Crippen molar-refractivity contribution < 1.29 is 22.8 Å². The van der Waals surface area contributed by atoms with Crippen molar-refractivity contribution in [2.45, 2.75) is 37.1 Å². The third-order valence-electron chi connectivity index (χ3n) is 5.56. The second-order valence-electron chi connectivity index (χ2n) is 7.59. The standard InChI is InChI=1S/C23H27N3O5S/c1-17(22(28)24-2)25(16-14-18-9-4-3-5-10-18)21(27)13-8-15-26-23(29)19-11-6-7-12-20(19)32(26,30)31/h3-7,9-12,17H,8,13-16H2,1-2H3,(H,24,28). The first-order valence-corrected chi connectivity index (χ1v) is 11.9. The molecular formula is C23H27N3O5S. The van der Waals surface area contributed by atoms with Gasteiger partial charge in [-0.15, -0.1) is 0 Å². The Morgan fingerprint density at radius 2 is 1.72 bits per heavy atom. The van der Waals surface area contributed by atoms with Crippen LogP contribution in [-0.4, -0.2) is 61.5 Å². The van der Waals surface area contributed by atoms with Crippen LogP contribution in [0, 0.1) is 0 Å². The lowest BCUT2D eigenvalue weighted by molar-refractivity contribution is -0.139. The molecule has 32 heavy (non-hydrogen) atoms. The summed E-state index contributed by atoms with van der Waals surface area (Å²) in [5.41, 5.74) is 1.19. The van der Waals surface area contributed by atoms with Gasteiger partial charge in [-0.05, 0) is 37.5 Å². The number of rotatable bonds is 9. The van der Waals surface area contributed by atoms with E-state index in [0.29, 0.717) is 13.0 Å². The Balaban J connectivity index is 1.64. The molecule has 0 aromatic heterocycles. The second kappa shape index (κ2) is 9.95. The van der Waals surface area contributed by atoms with Crippen molar-refractivity contribution >= 4 is 27.7 Å². The molecule has 0 aliphatic carbocycles. The Labute approximate surface area is 188 Å². The number of carbonyl (C=O) groups is 3. The van der Waals surface area contributed by atoms with E-state index in [1.54, 1.807) is 19.1 Å². The van der Waals surface area contributed by atoms with Gasteiger partial charge in [0.25, 0.3) is 15.9 Å². The predicted molar refractivity (Wildman–Crippen MR) is 119 cm³/mol. The van der Waals surface area contributed by atoms with Crippen molar-refractivity contribution in [2.75, 3.05) is 20.1 Å². The summed E-state index contributed by atoms with van der Waals surface area (Å²) in [7, 11) is -2.38. The number of likely N-dealkylation sites (N-methyl/N-ethyl adjacent to an activating group) is 1. The molecule has 1 unspecified atom stereocenters. The zero-order chi connectivity index (χ0) is 23.3. The first kappa shape index (κ1) is 23.5. The molecule has 1 aliphatic rings. The average molecular weight is 458 g/mol. The number of nitrogens with one attached hydrogen (secondary N) is 1. The van der Waals surface area contributed by atoms with Crippen LogP contribution in [0.25, 0.3) is 0 Å². The third kappa shape index (κ3) is 4.83. The molecular weight excluding hydrogens is 430 g/mol.